The van der Waals surface area contributed by atoms with Crippen LogP contribution >= 0.6 is 11.3 Å². The van der Waals surface area contributed by atoms with Gasteiger partial charge in [0.25, 0.3) is 0 Å². The van der Waals surface area contributed by atoms with Crippen LogP contribution < -0.4 is 4.74 Å². The fraction of sp³-hybridized carbons (Fsp3) is 0.238. The average Bonchev–Trinajstić information content (AvgIpc) is 3.05. The summed E-state index contributed by atoms with van der Waals surface area (Å²) in [6.45, 7) is 3.86. The van der Waals surface area contributed by atoms with E-state index in [4.69, 9.17) is 4.74 Å². The second-order valence-corrected chi connectivity index (χ2v) is 7.70. The molecule has 6 heteroatoms. The van der Waals surface area contributed by atoms with Crippen molar-refractivity contribution in [1.29, 1.82) is 0 Å². The van der Waals surface area contributed by atoms with Gasteiger partial charge in [-0.3, -0.25) is 4.79 Å². The van der Waals surface area contributed by atoms with Gasteiger partial charge in [-0.1, -0.05) is 17.7 Å². The molecule has 0 aliphatic rings. The summed E-state index contributed by atoms with van der Waals surface area (Å²) in [5, 5.41) is 10.0. The highest BCUT2D eigenvalue weighted by Gasteiger charge is 2.23. The number of rotatable bonds is 6. The Balaban J connectivity index is 2.13. The summed E-state index contributed by atoms with van der Waals surface area (Å²) in [6.07, 6.45) is 1.56. The van der Waals surface area contributed by atoms with E-state index in [9.17, 15) is 14.3 Å². The van der Waals surface area contributed by atoms with Crippen LogP contribution in [0.25, 0.3) is 11.1 Å². The first kappa shape index (κ1) is 19.0. The molecule has 0 bridgehead atoms. The molecule has 0 saturated carbocycles. The Morgan fingerprint density at radius 2 is 2.04 bits per heavy atom. The molecule has 0 aliphatic carbocycles. The minimum atomic E-state index is -0.952. The van der Waals surface area contributed by atoms with Crippen molar-refractivity contribution in [3.8, 4) is 16.9 Å². The lowest BCUT2D eigenvalue weighted by atomic mass is 9.92. The Kier molecular flexibility index (Phi) is 5.56. The molecule has 0 fully saturated rings. The highest BCUT2D eigenvalue weighted by Crippen LogP contribution is 2.37. The van der Waals surface area contributed by atoms with Crippen molar-refractivity contribution in [3.63, 3.8) is 0 Å². The van der Waals surface area contributed by atoms with Gasteiger partial charge >= 0.3 is 5.97 Å². The van der Waals surface area contributed by atoms with Crippen LogP contribution in [0.5, 0.6) is 5.75 Å². The first-order valence-electron chi connectivity index (χ1n) is 8.47. The maximum Gasteiger partial charge on any atom is 0.304 e. The quantitative estimate of drug-likeness (QED) is 0.635. The van der Waals surface area contributed by atoms with Crippen LogP contribution in [0.2, 0.25) is 0 Å². The first-order valence-corrected chi connectivity index (χ1v) is 9.28. The summed E-state index contributed by atoms with van der Waals surface area (Å²) in [5.74, 6) is -1.25. The average molecular weight is 385 g/mol. The second kappa shape index (κ2) is 7.88. The lowest BCUT2D eigenvalue weighted by molar-refractivity contribution is -0.137. The van der Waals surface area contributed by atoms with Crippen LogP contribution in [0.3, 0.4) is 0 Å². The van der Waals surface area contributed by atoms with Gasteiger partial charge in [0.1, 0.15) is 16.6 Å². The second-order valence-electron chi connectivity index (χ2n) is 6.44. The number of carbonyl (C=O) groups is 1. The Labute approximate surface area is 161 Å². The summed E-state index contributed by atoms with van der Waals surface area (Å²) in [6, 6.07) is 10.3. The lowest BCUT2D eigenvalue weighted by Gasteiger charge is -2.16. The summed E-state index contributed by atoms with van der Waals surface area (Å²) >= 11 is 1.43. The number of thiazole rings is 1. The van der Waals surface area contributed by atoms with Crippen molar-refractivity contribution in [1.82, 2.24) is 4.98 Å². The van der Waals surface area contributed by atoms with Crippen molar-refractivity contribution >= 4 is 17.3 Å². The van der Waals surface area contributed by atoms with Crippen LogP contribution in [-0.4, -0.2) is 23.2 Å². The van der Waals surface area contributed by atoms with Crippen molar-refractivity contribution in [2.75, 3.05) is 7.11 Å². The van der Waals surface area contributed by atoms with Crippen LogP contribution in [0.15, 0.2) is 42.6 Å². The van der Waals surface area contributed by atoms with E-state index in [-0.39, 0.29) is 6.42 Å². The third kappa shape index (κ3) is 4.34. The van der Waals surface area contributed by atoms with Crippen molar-refractivity contribution in [3.05, 3.63) is 69.4 Å². The van der Waals surface area contributed by atoms with Gasteiger partial charge in [0.05, 0.1) is 13.5 Å². The van der Waals surface area contributed by atoms with E-state index in [2.05, 4.69) is 4.98 Å². The summed E-state index contributed by atoms with van der Waals surface area (Å²) in [4.78, 5) is 16.7. The minimum absolute atomic E-state index is 0.152. The van der Waals surface area contributed by atoms with Gasteiger partial charge in [0, 0.05) is 22.6 Å². The zero-order chi connectivity index (χ0) is 19.6. The molecule has 4 nitrogen and oxygen atoms in total. The number of methoxy groups -OCH3 is 1. The molecule has 3 rings (SSSR count). The molecule has 140 valence electrons. The standard InChI is InChI=1S/C21H20FNO3S/c1-12-4-5-19(26-3)17(6-12)14-7-15(9-16(22)8-14)18(10-20(24)25)21-23-11-13(2)27-21/h4-9,11,18H,10H2,1-3H3,(H,24,25). The molecule has 1 unspecified atom stereocenters. The van der Waals surface area contributed by atoms with Gasteiger partial charge < -0.3 is 9.84 Å². The van der Waals surface area contributed by atoms with Crippen LogP contribution in [0.1, 0.15) is 33.4 Å². The number of carboxylic acid groups (broad SMARTS) is 1. The predicted octanol–water partition coefficient (Wildman–Crippen LogP) is 5.18. The van der Waals surface area contributed by atoms with E-state index in [1.54, 1.807) is 13.3 Å². The van der Waals surface area contributed by atoms with Crippen molar-refractivity contribution in [2.24, 2.45) is 0 Å². The molecular weight excluding hydrogens is 365 g/mol. The molecule has 0 saturated heterocycles. The minimum Gasteiger partial charge on any atom is -0.496 e. The number of aromatic nitrogens is 1. The predicted molar refractivity (Wildman–Crippen MR) is 104 cm³/mol. The zero-order valence-corrected chi connectivity index (χ0v) is 16.1. The highest BCUT2D eigenvalue weighted by molar-refractivity contribution is 7.11. The normalized spacial score (nSPS) is 12.0. The van der Waals surface area contributed by atoms with E-state index < -0.39 is 17.7 Å². The van der Waals surface area contributed by atoms with E-state index >= 15 is 0 Å². The fourth-order valence-corrected chi connectivity index (χ4v) is 3.97. The first-order chi connectivity index (χ1) is 12.9. The summed E-state index contributed by atoms with van der Waals surface area (Å²) in [7, 11) is 1.57. The number of benzene rings is 2. The number of ether oxygens (including phenoxy) is 1. The van der Waals surface area contributed by atoms with E-state index in [1.807, 2.05) is 38.1 Å². The number of hydrogen-bond donors (Lipinski definition) is 1. The molecule has 0 aliphatic heterocycles. The van der Waals surface area contributed by atoms with Crippen molar-refractivity contribution < 1.29 is 19.0 Å². The number of nitrogens with zero attached hydrogens (tertiary/aromatic N) is 1. The number of aliphatic carboxylic acids is 1. The zero-order valence-electron chi connectivity index (χ0n) is 15.3. The maximum absolute atomic E-state index is 14.5. The van der Waals surface area contributed by atoms with E-state index in [0.717, 1.165) is 16.0 Å². The SMILES string of the molecule is COc1ccc(C)cc1-c1cc(F)cc(C(CC(=O)O)c2ncc(C)s2)c1. The van der Waals surface area contributed by atoms with Gasteiger partial charge in [-0.15, -0.1) is 11.3 Å². The molecule has 3 aromatic rings. The van der Waals surface area contributed by atoms with Crippen LogP contribution in [0.4, 0.5) is 4.39 Å². The fourth-order valence-electron chi connectivity index (χ4n) is 3.07. The van der Waals surface area contributed by atoms with Gasteiger partial charge in [-0.05, 0) is 49.2 Å². The number of halogens is 1. The van der Waals surface area contributed by atoms with Crippen LogP contribution in [0, 0.1) is 19.7 Å². The highest BCUT2D eigenvalue weighted by atomic mass is 32.1. The molecule has 0 amide bonds. The smallest absolute Gasteiger partial charge is 0.304 e. The third-order valence-electron chi connectivity index (χ3n) is 4.30. The lowest BCUT2D eigenvalue weighted by Crippen LogP contribution is -2.08. The third-order valence-corrected chi connectivity index (χ3v) is 5.33. The molecule has 1 aromatic heterocycles. The molecule has 27 heavy (non-hydrogen) atoms. The Morgan fingerprint density at radius 3 is 2.67 bits per heavy atom. The molecule has 2 aromatic carbocycles. The van der Waals surface area contributed by atoms with Gasteiger partial charge in [0.2, 0.25) is 0 Å². The number of hydrogen-bond acceptors (Lipinski definition) is 4. The van der Waals surface area contributed by atoms with E-state index in [1.165, 1.54) is 23.5 Å². The van der Waals surface area contributed by atoms with Gasteiger partial charge in [-0.25, -0.2) is 9.37 Å². The monoisotopic (exact) mass is 385 g/mol. The molecule has 1 atom stereocenters. The van der Waals surface area contributed by atoms with E-state index in [0.29, 0.717) is 21.9 Å². The van der Waals surface area contributed by atoms with Gasteiger partial charge in [-0.2, -0.15) is 0 Å². The Morgan fingerprint density at radius 1 is 1.26 bits per heavy atom. The summed E-state index contributed by atoms with van der Waals surface area (Å²) in [5.41, 5.74) is 3.02. The molecule has 1 N–H and O–H groups in total. The molecule has 1 heterocycles. The number of carboxylic acids is 1. The summed E-state index contributed by atoms with van der Waals surface area (Å²) < 4.78 is 19.9. The number of aryl methyl sites for hydroxylation is 2. The largest absolute Gasteiger partial charge is 0.496 e. The van der Waals surface area contributed by atoms with Gasteiger partial charge in [0.15, 0.2) is 0 Å². The topological polar surface area (TPSA) is 59.4 Å². The molecular formula is C21H20FNO3S. The Bertz CT molecular complexity index is 983. The molecule has 0 spiro atoms. The maximum atomic E-state index is 14.5. The van der Waals surface area contributed by atoms with Crippen molar-refractivity contribution in [2.45, 2.75) is 26.2 Å². The molecule has 0 radical (unpaired) electrons. The Hall–Kier alpha value is -2.73. The van der Waals surface area contributed by atoms with Crippen LogP contribution in [-0.2, 0) is 4.79 Å².